The molecule has 178 valence electrons. The van der Waals surface area contributed by atoms with Crippen LogP contribution in [0.2, 0.25) is 0 Å². The number of sulfone groups is 1. The van der Waals surface area contributed by atoms with E-state index in [1.54, 1.807) is 17.2 Å². The number of amides is 1. The van der Waals surface area contributed by atoms with Gasteiger partial charge in [-0.05, 0) is 43.7 Å². The Hall–Kier alpha value is -2.21. The van der Waals surface area contributed by atoms with Gasteiger partial charge in [0.15, 0.2) is 9.84 Å². The van der Waals surface area contributed by atoms with Crippen LogP contribution in [0.4, 0.5) is 13.2 Å². The lowest BCUT2D eigenvalue weighted by atomic mass is 9.83. The van der Waals surface area contributed by atoms with E-state index in [-0.39, 0.29) is 30.7 Å². The maximum Gasteiger partial charge on any atom is 0.490 e. The maximum absolute atomic E-state index is 12.6. The number of carboxylic acids is 1. The molecule has 1 atom stereocenters. The van der Waals surface area contributed by atoms with Gasteiger partial charge in [-0.15, -0.1) is 0 Å². The number of ether oxygens (including phenoxy) is 1. The van der Waals surface area contributed by atoms with Crippen LogP contribution in [-0.2, 0) is 19.4 Å². The van der Waals surface area contributed by atoms with Crippen molar-refractivity contribution in [3.63, 3.8) is 0 Å². The highest BCUT2D eigenvalue weighted by atomic mass is 32.2. The number of rotatable bonds is 5. The van der Waals surface area contributed by atoms with Gasteiger partial charge in [0.2, 0.25) is 0 Å². The highest BCUT2D eigenvalue weighted by Crippen LogP contribution is 2.45. The topological polar surface area (TPSA) is 114 Å². The summed E-state index contributed by atoms with van der Waals surface area (Å²) in [7, 11) is -3.18. The van der Waals surface area contributed by atoms with Crippen molar-refractivity contribution in [2.24, 2.45) is 11.8 Å². The largest absolute Gasteiger partial charge is 0.490 e. The number of aryl methyl sites for hydroxylation is 1. The summed E-state index contributed by atoms with van der Waals surface area (Å²) in [5.41, 5.74) is 1.36. The molecule has 1 saturated carbocycles. The molecular weight excluding hydrogens is 453 g/mol. The van der Waals surface area contributed by atoms with Crippen molar-refractivity contribution >= 4 is 21.7 Å². The normalized spacial score (nSPS) is 23.2. The molecule has 8 nitrogen and oxygen atoms in total. The number of pyridine rings is 1. The standard InChI is InChI=1S/C18H24N2O4S.C2HF3O2/c1-13-2-5-16(19-8-13)17(21)20-11-18(12-20)15(6-7-25(18,22)23)10-24-9-14-3-4-14;3-2(4,5)1(6)7/h2,5,8,14-15H,3-4,6-7,9-12H2,1H3;(H,6,7). The van der Waals surface area contributed by atoms with Gasteiger partial charge in [0, 0.05) is 31.8 Å². The summed E-state index contributed by atoms with van der Waals surface area (Å²) >= 11 is 0. The van der Waals surface area contributed by atoms with Gasteiger partial charge in [-0.3, -0.25) is 9.78 Å². The van der Waals surface area contributed by atoms with E-state index in [0.29, 0.717) is 24.6 Å². The Balaban J connectivity index is 0.000000360. The van der Waals surface area contributed by atoms with Crippen molar-refractivity contribution < 1.29 is 41.0 Å². The first-order valence-corrected chi connectivity index (χ1v) is 11.8. The first-order chi connectivity index (χ1) is 14.9. The van der Waals surface area contributed by atoms with Gasteiger partial charge in [-0.1, -0.05) is 6.07 Å². The third-order valence-corrected chi connectivity index (χ3v) is 8.65. The molecule has 1 spiro atoms. The molecule has 0 aromatic carbocycles. The Labute approximate surface area is 183 Å². The summed E-state index contributed by atoms with van der Waals surface area (Å²) in [5.74, 6) is -2.08. The predicted molar refractivity (Wildman–Crippen MR) is 107 cm³/mol. The number of nitrogens with zero attached hydrogens (tertiary/aromatic N) is 2. The van der Waals surface area contributed by atoms with E-state index in [1.807, 2.05) is 13.0 Å². The van der Waals surface area contributed by atoms with Crippen LogP contribution in [0.15, 0.2) is 18.3 Å². The molecule has 32 heavy (non-hydrogen) atoms. The molecule has 2 saturated heterocycles. The van der Waals surface area contributed by atoms with Crippen molar-refractivity contribution in [2.75, 3.05) is 32.1 Å². The minimum atomic E-state index is -5.08. The van der Waals surface area contributed by atoms with Crippen molar-refractivity contribution in [2.45, 2.75) is 37.1 Å². The predicted octanol–water partition coefficient (Wildman–Crippen LogP) is 2.08. The molecule has 1 amide bonds. The lowest BCUT2D eigenvalue weighted by Crippen LogP contribution is -2.68. The quantitative estimate of drug-likeness (QED) is 0.689. The zero-order valence-electron chi connectivity index (χ0n) is 17.5. The van der Waals surface area contributed by atoms with E-state index < -0.39 is 26.7 Å². The molecule has 0 radical (unpaired) electrons. The van der Waals surface area contributed by atoms with Crippen LogP contribution in [0.3, 0.4) is 0 Å². The van der Waals surface area contributed by atoms with Gasteiger partial charge in [-0.25, -0.2) is 13.2 Å². The summed E-state index contributed by atoms with van der Waals surface area (Å²) < 4.78 is 62.0. The lowest BCUT2D eigenvalue weighted by Gasteiger charge is -2.49. The van der Waals surface area contributed by atoms with E-state index in [9.17, 15) is 26.4 Å². The Morgan fingerprint density at radius 1 is 1.22 bits per heavy atom. The Kier molecular flexibility index (Phi) is 6.85. The highest BCUT2D eigenvalue weighted by molar-refractivity contribution is 7.93. The Bertz CT molecular complexity index is 955. The number of carbonyl (C=O) groups is 2. The summed E-state index contributed by atoms with van der Waals surface area (Å²) in [6.45, 7) is 3.67. The number of aromatic nitrogens is 1. The lowest BCUT2D eigenvalue weighted by molar-refractivity contribution is -0.192. The van der Waals surface area contributed by atoms with E-state index in [2.05, 4.69) is 4.98 Å². The van der Waals surface area contributed by atoms with Gasteiger partial charge < -0.3 is 14.7 Å². The van der Waals surface area contributed by atoms with Crippen LogP contribution in [0.5, 0.6) is 0 Å². The van der Waals surface area contributed by atoms with Gasteiger partial charge in [0.1, 0.15) is 10.4 Å². The fraction of sp³-hybridized carbons (Fsp3) is 0.650. The van der Waals surface area contributed by atoms with Gasteiger partial charge in [0.05, 0.1) is 12.4 Å². The highest BCUT2D eigenvalue weighted by Gasteiger charge is 2.62. The fourth-order valence-electron chi connectivity index (χ4n) is 3.87. The van der Waals surface area contributed by atoms with Gasteiger partial charge in [0.25, 0.3) is 5.91 Å². The van der Waals surface area contributed by atoms with Crippen molar-refractivity contribution in [3.05, 3.63) is 29.6 Å². The van der Waals surface area contributed by atoms with E-state index >= 15 is 0 Å². The summed E-state index contributed by atoms with van der Waals surface area (Å²) in [6, 6.07) is 3.54. The van der Waals surface area contributed by atoms with Crippen LogP contribution in [0.1, 0.15) is 35.3 Å². The van der Waals surface area contributed by atoms with Crippen LogP contribution >= 0.6 is 0 Å². The van der Waals surface area contributed by atoms with Crippen LogP contribution < -0.4 is 0 Å². The van der Waals surface area contributed by atoms with E-state index in [0.717, 1.165) is 12.2 Å². The molecule has 3 fully saturated rings. The van der Waals surface area contributed by atoms with Crippen LogP contribution in [0.25, 0.3) is 0 Å². The monoisotopic (exact) mass is 478 g/mol. The fourth-order valence-corrected chi connectivity index (χ4v) is 6.27. The average molecular weight is 478 g/mol. The number of alkyl halides is 3. The first-order valence-electron chi connectivity index (χ1n) is 10.2. The molecule has 0 bridgehead atoms. The third kappa shape index (κ3) is 5.22. The third-order valence-electron chi connectivity index (χ3n) is 6.05. The maximum atomic E-state index is 12.6. The zero-order valence-corrected chi connectivity index (χ0v) is 18.3. The van der Waals surface area contributed by atoms with E-state index in [1.165, 1.54) is 12.8 Å². The molecule has 2 aliphatic heterocycles. The Morgan fingerprint density at radius 3 is 2.34 bits per heavy atom. The number of carboxylic acid groups (broad SMARTS) is 1. The zero-order chi connectivity index (χ0) is 23.7. The summed E-state index contributed by atoms with van der Waals surface area (Å²) in [6.07, 6.45) is -0.346. The van der Waals surface area contributed by atoms with Crippen LogP contribution in [0, 0.1) is 18.8 Å². The number of hydrogen-bond donors (Lipinski definition) is 1. The molecular formula is C20H25F3N2O6S. The molecule has 4 rings (SSSR count). The van der Waals surface area contributed by atoms with Crippen molar-refractivity contribution in [1.29, 1.82) is 0 Å². The molecule has 3 heterocycles. The number of carbonyl (C=O) groups excluding carboxylic acids is 1. The average Bonchev–Trinajstić information content (AvgIpc) is 3.44. The molecule has 12 heteroatoms. The molecule has 3 aliphatic rings. The van der Waals surface area contributed by atoms with Crippen LogP contribution in [-0.4, -0.2) is 78.3 Å². The van der Waals surface area contributed by atoms with Crippen molar-refractivity contribution in [1.82, 2.24) is 9.88 Å². The Morgan fingerprint density at radius 2 is 1.84 bits per heavy atom. The summed E-state index contributed by atoms with van der Waals surface area (Å²) in [5, 5.41) is 7.12. The number of hydrogen-bond acceptors (Lipinski definition) is 6. The number of likely N-dealkylation sites (tertiary alicyclic amines) is 1. The molecule has 1 aromatic heterocycles. The first kappa shape index (κ1) is 24.4. The minimum Gasteiger partial charge on any atom is -0.475 e. The summed E-state index contributed by atoms with van der Waals surface area (Å²) in [4.78, 5) is 27.2. The minimum absolute atomic E-state index is 0.00808. The molecule has 1 N–H and O–H groups in total. The second-order valence-corrected chi connectivity index (χ2v) is 11.0. The van der Waals surface area contributed by atoms with Gasteiger partial charge >= 0.3 is 12.1 Å². The van der Waals surface area contributed by atoms with Gasteiger partial charge in [-0.2, -0.15) is 13.2 Å². The SMILES string of the molecule is Cc1ccc(C(=O)N2CC3(C2)C(COCC2CC2)CCS3(=O)=O)nc1.O=C(O)C(F)(F)F. The second kappa shape index (κ2) is 8.97. The molecule has 1 aliphatic carbocycles. The molecule has 1 aromatic rings. The second-order valence-electron chi connectivity index (χ2n) is 8.53. The van der Waals surface area contributed by atoms with E-state index in [4.69, 9.17) is 14.6 Å². The molecule has 1 unspecified atom stereocenters. The smallest absolute Gasteiger partial charge is 0.475 e. The number of halogens is 3. The number of aliphatic carboxylic acids is 1. The van der Waals surface area contributed by atoms with Crippen molar-refractivity contribution in [3.8, 4) is 0 Å².